The molecule has 0 N–H and O–H groups in total. The van der Waals surface area contributed by atoms with Gasteiger partial charge in [0.15, 0.2) is 5.82 Å². The third-order valence-electron chi connectivity index (χ3n) is 3.48. The van der Waals surface area contributed by atoms with Gasteiger partial charge in [-0.2, -0.15) is 0 Å². The van der Waals surface area contributed by atoms with Gasteiger partial charge in [0.2, 0.25) is 0 Å². The highest BCUT2D eigenvalue weighted by Gasteiger charge is 2.37. The van der Waals surface area contributed by atoms with Crippen molar-refractivity contribution in [3.63, 3.8) is 0 Å². The highest BCUT2D eigenvalue weighted by molar-refractivity contribution is 9.10. The van der Waals surface area contributed by atoms with Gasteiger partial charge in [-0.05, 0) is 34.5 Å². The molecule has 2 atom stereocenters. The van der Waals surface area contributed by atoms with Crippen LogP contribution < -0.4 is 0 Å². The summed E-state index contributed by atoms with van der Waals surface area (Å²) in [5.74, 6) is 0.0130. The van der Waals surface area contributed by atoms with Gasteiger partial charge in [0.05, 0.1) is 5.75 Å². The maximum atomic E-state index is 13.3. The van der Waals surface area contributed by atoms with E-state index in [0.29, 0.717) is 6.54 Å². The largest absolute Gasteiger partial charge is 0.296 e. The van der Waals surface area contributed by atoms with E-state index in [9.17, 15) is 12.8 Å². The topological polar surface area (TPSA) is 50.3 Å². The van der Waals surface area contributed by atoms with Gasteiger partial charge in [0, 0.05) is 37.5 Å². The van der Waals surface area contributed by atoms with Crippen molar-refractivity contribution in [3.05, 3.63) is 28.2 Å². The van der Waals surface area contributed by atoms with E-state index >= 15 is 0 Å². The average Bonchev–Trinajstić information content (AvgIpc) is 2.30. The molecule has 19 heavy (non-hydrogen) atoms. The molecule has 7 heteroatoms. The second-order valence-corrected chi connectivity index (χ2v) is 8.07. The fraction of sp³-hybridized carbons (Fsp3) is 0.583. The second kappa shape index (κ2) is 5.46. The molecule has 0 aromatic carbocycles. The number of halogens is 2. The molecule has 0 unspecified atom stereocenters. The lowest BCUT2D eigenvalue weighted by atomic mass is 9.91. The van der Waals surface area contributed by atoms with E-state index in [0.717, 1.165) is 12.1 Å². The fourth-order valence-corrected chi connectivity index (χ4v) is 3.73. The number of aromatic nitrogens is 1. The van der Waals surface area contributed by atoms with Gasteiger partial charge in [-0.25, -0.2) is 17.8 Å². The summed E-state index contributed by atoms with van der Waals surface area (Å²) in [7, 11) is -2.93. The number of sulfone groups is 1. The second-order valence-electron chi connectivity index (χ2n) is 5.14. The van der Waals surface area contributed by atoms with E-state index in [4.69, 9.17) is 0 Å². The summed E-state index contributed by atoms with van der Waals surface area (Å²) in [6, 6.07) is 1.65. The summed E-state index contributed by atoms with van der Waals surface area (Å²) < 4.78 is 36.0. The lowest BCUT2D eigenvalue weighted by Crippen LogP contribution is -2.56. The molecule has 1 aliphatic rings. The summed E-state index contributed by atoms with van der Waals surface area (Å²) in [6.07, 6.45) is 2.89. The Kier molecular flexibility index (Phi) is 4.27. The summed E-state index contributed by atoms with van der Waals surface area (Å²) >= 11 is 3.01. The maximum absolute atomic E-state index is 13.3. The molecule has 1 aliphatic heterocycles. The average molecular weight is 351 g/mol. The fourth-order valence-electron chi connectivity index (χ4n) is 2.35. The van der Waals surface area contributed by atoms with Crippen molar-refractivity contribution in [3.8, 4) is 0 Å². The van der Waals surface area contributed by atoms with Crippen molar-refractivity contribution < 1.29 is 12.8 Å². The molecule has 1 fully saturated rings. The highest BCUT2D eigenvalue weighted by Crippen LogP contribution is 2.28. The van der Waals surface area contributed by atoms with Crippen molar-refractivity contribution in [2.75, 3.05) is 18.6 Å². The first-order valence-corrected chi connectivity index (χ1v) is 8.83. The zero-order valence-corrected chi connectivity index (χ0v) is 13.2. The van der Waals surface area contributed by atoms with Gasteiger partial charge in [0.25, 0.3) is 0 Å². The van der Waals surface area contributed by atoms with E-state index in [-0.39, 0.29) is 28.1 Å². The van der Waals surface area contributed by atoms with Crippen molar-refractivity contribution in [2.24, 2.45) is 5.92 Å². The molecule has 1 aromatic heterocycles. The minimum atomic E-state index is -2.93. The Morgan fingerprint density at radius 2 is 2.26 bits per heavy atom. The molecule has 2 heterocycles. The van der Waals surface area contributed by atoms with Gasteiger partial charge in [0.1, 0.15) is 14.4 Å². The SMILES string of the molecule is C[C@@H]1[C@@H](CS(C)(=O)=O)CN1Cc1cnc(Br)c(F)c1. The monoisotopic (exact) mass is 350 g/mol. The molecule has 1 aromatic rings. The Labute approximate surface area is 121 Å². The molecular weight excluding hydrogens is 335 g/mol. The number of hydrogen-bond donors (Lipinski definition) is 0. The minimum Gasteiger partial charge on any atom is -0.296 e. The van der Waals surface area contributed by atoms with Crippen molar-refractivity contribution >= 4 is 25.8 Å². The molecule has 0 amide bonds. The van der Waals surface area contributed by atoms with Gasteiger partial charge in [-0.15, -0.1) is 0 Å². The zero-order valence-electron chi connectivity index (χ0n) is 10.8. The number of nitrogens with zero attached hydrogens (tertiary/aromatic N) is 2. The first-order valence-electron chi connectivity index (χ1n) is 5.98. The predicted octanol–water partition coefficient (Wildman–Crippen LogP) is 1.85. The van der Waals surface area contributed by atoms with Crippen LogP contribution in [0.3, 0.4) is 0 Å². The van der Waals surface area contributed by atoms with Crippen LogP contribution in [0.15, 0.2) is 16.9 Å². The van der Waals surface area contributed by atoms with E-state index in [1.165, 1.54) is 12.3 Å². The molecule has 0 spiro atoms. The number of likely N-dealkylation sites (tertiary alicyclic amines) is 1. The third-order valence-corrected chi connectivity index (χ3v) is 5.10. The van der Waals surface area contributed by atoms with Gasteiger partial charge < -0.3 is 0 Å². The van der Waals surface area contributed by atoms with E-state index in [2.05, 4.69) is 25.8 Å². The van der Waals surface area contributed by atoms with Gasteiger partial charge in [-0.3, -0.25) is 4.90 Å². The molecule has 0 bridgehead atoms. The lowest BCUT2D eigenvalue weighted by Gasteiger charge is -2.46. The van der Waals surface area contributed by atoms with E-state index < -0.39 is 9.84 Å². The Morgan fingerprint density at radius 1 is 1.58 bits per heavy atom. The summed E-state index contributed by atoms with van der Waals surface area (Å²) in [5, 5.41) is 0. The normalized spacial score (nSPS) is 24.2. The molecule has 2 rings (SSSR count). The van der Waals surface area contributed by atoms with Crippen LogP contribution in [0.4, 0.5) is 4.39 Å². The van der Waals surface area contributed by atoms with Crippen LogP contribution in [-0.4, -0.2) is 42.9 Å². The Bertz CT molecular complexity index is 579. The molecule has 1 saturated heterocycles. The van der Waals surface area contributed by atoms with Crippen molar-refractivity contribution in [1.82, 2.24) is 9.88 Å². The van der Waals surface area contributed by atoms with Crippen LogP contribution in [0, 0.1) is 11.7 Å². The van der Waals surface area contributed by atoms with Gasteiger partial charge in [-0.1, -0.05) is 0 Å². The van der Waals surface area contributed by atoms with Crippen LogP contribution in [0.1, 0.15) is 12.5 Å². The third kappa shape index (κ3) is 3.73. The highest BCUT2D eigenvalue weighted by atomic mass is 79.9. The Balaban J connectivity index is 1.94. The minimum absolute atomic E-state index is 0.170. The zero-order chi connectivity index (χ0) is 14.2. The number of pyridine rings is 1. The lowest BCUT2D eigenvalue weighted by molar-refractivity contribution is 0.0323. The summed E-state index contributed by atoms with van der Waals surface area (Å²) in [6.45, 7) is 3.33. The van der Waals surface area contributed by atoms with E-state index in [1.807, 2.05) is 6.92 Å². The number of hydrogen-bond acceptors (Lipinski definition) is 4. The van der Waals surface area contributed by atoms with Crippen LogP contribution in [0.5, 0.6) is 0 Å². The smallest absolute Gasteiger partial charge is 0.156 e. The Morgan fingerprint density at radius 3 is 2.79 bits per heavy atom. The maximum Gasteiger partial charge on any atom is 0.156 e. The van der Waals surface area contributed by atoms with Crippen molar-refractivity contribution in [2.45, 2.75) is 19.5 Å². The van der Waals surface area contributed by atoms with Crippen LogP contribution in [0.2, 0.25) is 0 Å². The molecule has 106 valence electrons. The van der Waals surface area contributed by atoms with Crippen LogP contribution in [-0.2, 0) is 16.4 Å². The van der Waals surface area contributed by atoms with Crippen LogP contribution in [0.25, 0.3) is 0 Å². The molecule has 4 nitrogen and oxygen atoms in total. The van der Waals surface area contributed by atoms with Gasteiger partial charge >= 0.3 is 0 Å². The van der Waals surface area contributed by atoms with E-state index in [1.54, 1.807) is 6.20 Å². The quantitative estimate of drug-likeness (QED) is 0.777. The van der Waals surface area contributed by atoms with Crippen LogP contribution >= 0.6 is 15.9 Å². The predicted molar refractivity (Wildman–Crippen MR) is 75.0 cm³/mol. The first-order chi connectivity index (χ1) is 8.76. The summed E-state index contributed by atoms with van der Waals surface area (Å²) in [4.78, 5) is 6.04. The Hall–Kier alpha value is -0.530. The molecule has 0 saturated carbocycles. The summed E-state index contributed by atoms with van der Waals surface area (Å²) in [5.41, 5.74) is 0.797. The molecule has 0 aliphatic carbocycles. The standard InChI is InChI=1S/C12H16BrFN2O2S/c1-8-10(7-19(2,17)18)6-16(8)5-9-3-11(14)12(13)15-4-9/h3-4,8,10H,5-7H2,1-2H3/t8-,10-/m1/s1. The molecular formula is C12H16BrFN2O2S. The first kappa shape index (κ1) is 14.9. The number of rotatable bonds is 4. The van der Waals surface area contributed by atoms with Crippen molar-refractivity contribution in [1.29, 1.82) is 0 Å². The molecule has 0 radical (unpaired) electrons.